The van der Waals surface area contributed by atoms with E-state index in [-0.39, 0.29) is 24.2 Å². The fraction of sp³-hybridized carbons (Fsp3) is 0.167. The standard InChI is InChI=1S/C18H16FN3O3/c19-13-6-3-5-12(11-13)16(23)20-9-4-10-22-17(24)14-7-1-2-8-15(14)21-18(22)25/h1-3,5-8,11H,4,9-10H2,(H,20,23)(H,21,25). The maximum Gasteiger partial charge on any atom is 0.328 e. The molecule has 3 rings (SSSR count). The van der Waals surface area contributed by atoms with E-state index >= 15 is 0 Å². The number of hydrogen-bond donors (Lipinski definition) is 2. The molecule has 1 aromatic heterocycles. The van der Waals surface area contributed by atoms with Crippen molar-refractivity contribution in [2.45, 2.75) is 13.0 Å². The molecule has 0 atom stereocenters. The molecule has 0 saturated carbocycles. The summed E-state index contributed by atoms with van der Waals surface area (Å²) < 4.78 is 14.2. The molecule has 3 aromatic rings. The Morgan fingerprint density at radius 3 is 2.72 bits per heavy atom. The Balaban J connectivity index is 1.65. The monoisotopic (exact) mass is 341 g/mol. The van der Waals surface area contributed by atoms with Gasteiger partial charge in [0, 0.05) is 18.7 Å². The molecular weight excluding hydrogens is 325 g/mol. The molecule has 0 fully saturated rings. The van der Waals surface area contributed by atoms with Crippen molar-refractivity contribution in [3.8, 4) is 0 Å². The maximum atomic E-state index is 13.1. The summed E-state index contributed by atoms with van der Waals surface area (Å²) in [4.78, 5) is 38.9. The van der Waals surface area contributed by atoms with Crippen LogP contribution in [-0.4, -0.2) is 22.0 Å². The van der Waals surface area contributed by atoms with Gasteiger partial charge in [0.1, 0.15) is 5.82 Å². The molecule has 0 spiro atoms. The number of aromatic amines is 1. The Morgan fingerprint density at radius 2 is 1.92 bits per heavy atom. The molecule has 7 heteroatoms. The number of rotatable bonds is 5. The van der Waals surface area contributed by atoms with Gasteiger partial charge in [-0.2, -0.15) is 0 Å². The normalized spacial score (nSPS) is 10.8. The largest absolute Gasteiger partial charge is 0.352 e. The topological polar surface area (TPSA) is 84.0 Å². The molecular formula is C18H16FN3O3. The Morgan fingerprint density at radius 1 is 1.12 bits per heavy atom. The van der Waals surface area contributed by atoms with E-state index in [1.807, 2.05) is 0 Å². The van der Waals surface area contributed by atoms with Crippen LogP contribution < -0.4 is 16.6 Å². The van der Waals surface area contributed by atoms with E-state index in [2.05, 4.69) is 10.3 Å². The molecule has 2 N–H and O–H groups in total. The number of carbonyl (C=O) groups excluding carboxylic acids is 1. The Kier molecular flexibility index (Phi) is 4.74. The zero-order chi connectivity index (χ0) is 17.8. The lowest BCUT2D eigenvalue weighted by molar-refractivity contribution is 0.0952. The minimum Gasteiger partial charge on any atom is -0.352 e. The Bertz CT molecular complexity index is 1040. The molecule has 25 heavy (non-hydrogen) atoms. The molecule has 0 aliphatic heterocycles. The third-order valence-corrected chi connectivity index (χ3v) is 3.82. The van der Waals surface area contributed by atoms with Crippen LogP contribution in [0.5, 0.6) is 0 Å². The highest BCUT2D eigenvalue weighted by Crippen LogP contribution is 2.04. The third-order valence-electron chi connectivity index (χ3n) is 3.82. The summed E-state index contributed by atoms with van der Waals surface area (Å²) in [6.45, 7) is 0.427. The number of H-pyrrole nitrogens is 1. The predicted molar refractivity (Wildman–Crippen MR) is 92.2 cm³/mol. The van der Waals surface area contributed by atoms with Gasteiger partial charge in [-0.05, 0) is 36.8 Å². The van der Waals surface area contributed by atoms with Gasteiger partial charge in [0.05, 0.1) is 10.9 Å². The number of nitrogens with one attached hydrogen (secondary N) is 2. The van der Waals surface area contributed by atoms with Gasteiger partial charge in [-0.25, -0.2) is 9.18 Å². The zero-order valence-corrected chi connectivity index (χ0v) is 13.3. The lowest BCUT2D eigenvalue weighted by Gasteiger charge is -2.08. The highest BCUT2D eigenvalue weighted by Gasteiger charge is 2.08. The average Bonchev–Trinajstić information content (AvgIpc) is 2.60. The highest BCUT2D eigenvalue weighted by molar-refractivity contribution is 5.94. The number of para-hydroxylation sites is 1. The smallest absolute Gasteiger partial charge is 0.328 e. The first-order chi connectivity index (χ1) is 12.1. The van der Waals surface area contributed by atoms with Crippen molar-refractivity contribution >= 4 is 16.8 Å². The minimum atomic E-state index is -0.486. The summed E-state index contributed by atoms with van der Waals surface area (Å²) in [5.41, 5.74) is -0.134. The van der Waals surface area contributed by atoms with Crippen LogP contribution in [0.4, 0.5) is 4.39 Å². The summed E-state index contributed by atoms with van der Waals surface area (Å²) in [7, 11) is 0. The number of carbonyl (C=O) groups is 1. The van der Waals surface area contributed by atoms with Crippen molar-refractivity contribution in [1.82, 2.24) is 14.9 Å². The SMILES string of the molecule is O=C(NCCCn1c(=O)[nH]c2ccccc2c1=O)c1cccc(F)c1. The number of halogens is 1. The third kappa shape index (κ3) is 3.65. The van der Waals surface area contributed by atoms with E-state index in [1.165, 1.54) is 18.2 Å². The molecule has 2 aromatic carbocycles. The second-order valence-corrected chi connectivity index (χ2v) is 5.55. The molecule has 1 heterocycles. The average molecular weight is 341 g/mol. The van der Waals surface area contributed by atoms with Crippen LogP contribution in [0.1, 0.15) is 16.8 Å². The number of amides is 1. The van der Waals surface area contributed by atoms with E-state index in [0.29, 0.717) is 17.3 Å². The molecule has 0 aliphatic carbocycles. The van der Waals surface area contributed by atoms with Crippen molar-refractivity contribution in [1.29, 1.82) is 0 Å². The van der Waals surface area contributed by atoms with Gasteiger partial charge in [-0.3, -0.25) is 14.2 Å². The molecule has 0 aliphatic rings. The second-order valence-electron chi connectivity index (χ2n) is 5.55. The number of nitrogens with zero attached hydrogens (tertiary/aromatic N) is 1. The van der Waals surface area contributed by atoms with Crippen LogP contribution in [0, 0.1) is 5.82 Å². The van der Waals surface area contributed by atoms with Crippen LogP contribution >= 0.6 is 0 Å². The van der Waals surface area contributed by atoms with Gasteiger partial charge < -0.3 is 10.3 Å². The first kappa shape index (κ1) is 16.6. The summed E-state index contributed by atoms with van der Waals surface area (Å²) in [5, 5.41) is 3.08. The van der Waals surface area contributed by atoms with Crippen LogP contribution in [0.3, 0.4) is 0 Å². The van der Waals surface area contributed by atoms with Crippen molar-refractivity contribution in [3.63, 3.8) is 0 Å². The molecule has 1 amide bonds. The highest BCUT2D eigenvalue weighted by atomic mass is 19.1. The van der Waals surface area contributed by atoms with Gasteiger partial charge in [-0.15, -0.1) is 0 Å². The van der Waals surface area contributed by atoms with Crippen molar-refractivity contribution in [2.75, 3.05) is 6.54 Å². The minimum absolute atomic E-state index is 0.169. The molecule has 0 unspecified atom stereocenters. The summed E-state index contributed by atoms with van der Waals surface area (Å²) >= 11 is 0. The zero-order valence-electron chi connectivity index (χ0n) is 13.3. The number of fused-ring (bicyclic) bond motifs is 1. The van der Waals surface area contributed by atoms with Crippen LogP contribution in [-0.2, 0) is 6.54 Å². The Labute approximate surface area is 141 Å². The first-order valence-corrected chi connectivity index (χ1v) is 7.82. The molecule has 0 bridgehead atoms. The summed E-state index contributed by atoms with van der Waals surface area (Å²) in [5.74, 6) is -0.888. The molecule has 0 radical (unpaired) electrons. The lowest BCUT2D eigenvalue weighted by Crippen LogP contribution is -2.36. The lowest BCUT2D eigenvalue weighted by atomic mass is 10.2. The van der Waals surface area contributed by atoms with Gasteiger partial charge in [0.15, 0.2) is 0 Å². The van der Waals surface area contributed by atoms with E-state index in [4.69, 9.17) is 0 Å². The van der Waals surface area contributed by atoms with Gasteiger partial charge in [0.25, 0.3) is 11.5 Å². The Hall–Kier alpha value is -3.22. The van der Waals surface area contributed by atoms with Gasteiger partial charge in [0.2, 0.25) is 0 Å². The number of hydrogen-bond acceptors (Lipinski definition) is 3. The predicted octanol–water partition coefficient (Wildman–Crippen LogP) is 1.65. The van der Waals surface area contributed by atoms with Crippen molar-refractivity contribution in [2.24, 2.45) is 0 Å². The number of aromatic nitrogens is 2. The van der Waals surface area contributed by atoms with E-state index in [0.717, 1.165) is 10.6 Å². The molecule has 6 nitrogen and oxygen atoms in total. The van der Waals surface area contributed by atoms with Crippen LogP contribution in [0.15, 0.2) is 58.1 Å². The van der Waals surface area contributed by atoms with Crippen LogP contribution in [0.2, 0.25) is 0 Å². The van der Waals surface area contributed by atoms with E-state index < -0.39 is 17.4 Å². The fourth-order valence-electron chi connectivity index (χ4n) is 2.57. The van der Waals surface area contributed by atoms with Gasteiger partial charge >= 0.3 is 5.69 Å². The quantitative estimate of drug-likeness (QED) is 0.692. The first-order valence-electron chi connectivity index (χ1n) is 7.82. The van der Waals surface area contributed by atoms with E-state index in [1.54, 1.807) is 24.3 Å². The second kappa shape index (κ2) is 7.12. The fourth-order valence-corrected chi connectivity index (χ4v) is 2.57. The van der Waals surface area contributed by atoms with Crippen LogP contribution in [0.25, 0.3) is 10.9 Å². The number of benzene rings is 2. The molecule has 0 saturated heterocycles. The van der Waals surface area contributed by atoms with E-state index in [9.17, 15) is 18.8 Å². The molecule has 128 valence electrons. The summed E-state index contributed by atoms with van der Waals surface area (Å²) in [6, 6.07) is 12.2. The van der Waals surface area contributed by atoms with Crippen molar-refractivity contribution in [3.05, 3.63) is 80.7 Å². The maximum absolute atomic E-state index is 13.1. The van der Waals surface area contributed by atoms with Gasteiger partial charge in [-0.1, -0.05) is 18.2 Å². The summed E-state index contributed by atoms with van der Waals surface area (Å²) in [6.07, 6.45) is 0.391. The van der Waals surface area contributed by atoms with Crippen molar-refractivity contribution < 1.29 is 9.18 Å².